The fourth-order valence-corrected chi connectivity index (χ4v) is 1.79. The Morgan fingerprint density at radius 3 is 2.53 bits per heavy atom. The van der Waals surface area contributed by atoms with Crippen LogP contribution in [0.3, 0.4) is 0 Å². The Bertz CT molecular complexity index is 287. The second-order valence-corrected chi connectivity index (χ2v) is 5.21. The zero-order valence-corrected chi connectivity index (χ0v) is 9.71. The Hall–Kier alpha value is -0.660. The number of rotatable bonds is 8. The Labute approximate surface area is 89.7 Å². The summed E-state index contributed by atoms with van der Waals surface area (Å²) in [6.07, 6.45) is 1.36. The number of hydrogen-bond acceptors (Lipinski definition) is 4. The summed E-state index contributed by atoms with van der Waals surface area (Å²) in [5, 5.41) is 7.10. The predicted octanol–water partition coefficient (Wildman–Crippen LogP) is -0.194. The Kier molecular flexibility index (Phi) is 6.46. The summed E-state index contributed by atoms with van der Waals surface area (Å²) in [6.45, 7) is 1.94. The van der Waals surface area contributed by atoms with Gasteiger partial charge in [0.05, 0.1) is 0 Å². The Morgan fingerprint density at radius 1 is 1.47 bits per heavy atom. The van der Waals surface area contributed by atoms with Crippen molar-refractivity contribution >= 4 is 16.0 Å². The first kappa shape index (κ1) is 14.3. The van der Waals surface area contributed by atoms with E-state index < -0.39 is 21.2 Å². The summed E-state index contributed by atoms with van der Waals surface area (Å²) < 4.78 is 29.6. The third-order valence-electron chi connectivity index (χ3n) is 1.89. The van der Waals surface area contributed by atoms with Crippen molar-refractivity contribution < 1.29 is 23.1 Å². The highest BCUT2D eigenvalue weighted by atomic mass is 32.2. The van der Waals surface area contributed by atoms with E-state index in [4.69, 9.17) is 9.84 Å². The first-order valence-electron chi connectivity index (χ1n) is 4.62. The molecule has 0 aromatic carbocycles. The van der Waals surface area contributed by atoms with E-state index in [-0.39, 0.29) is 6.54 Å². The number of methoxy groups -OCH3 is 1. The van der Waals surface area contributed by atoms with Crippen LogP contribution < -0.4 is 4.72 Å². The first-order chi connectivity index (χ1) is 6.91. The van der Waals surface area contributed by atoms with Crippen LogP contribution in [0, 0.1) is 0 Å². The van der Waals surface area contributed by atoms with Gasteiger partial charge in [0.2, 0.25) is 10.0 Å². The zero-order valence-electron chi connectivity index (χ0n) is 8.89. The molecule has 2 N–H and O–H groups in total. The molecular weight excluding hydrogens is 222 g/mol. The highest BCUT2D eigenvalue weighted by molar-refractivity contribution is 7.90. The van der Waals surface area contributed by atoms with Crippen LogP contribution in [0.1, 0.15) is 19.8 Å². The van der Waals surface area contributed by atoms with Gasteiger partial charge in [0.25, 0.3) is 0 Å². The molecule has 0 bridgehead atoms. The van der Waals surface area contributed by atoms with Crippen molar-refractivity contribution in [1.82, 2.24) is 4.72 Å². The van der Waals surface area contributed by atoms with Crippen molar-refractivity contribution in [3.8, 4) is 0 Å². The molecule has 0 saturated carbocycles. The lowest BCUT2D eigenvalue weighted by Gasteiger charge is -2.09. The van der Waals surface area contributed by atoms with Crippen molar-refractivity contribution in [3.05, 3.63) is 0 Å². The molecule has 1 atom stereocenters. The standard InChI is InChI=1S/C8H17NO5S/c1-7(8(10)11)15(12,13)9-5-3-4-6-14-2/h7,9H,3-6H2,1-2H3,(H,10,11). The fourth-order valence-electron chi connectivity index (χ4n) is 0.844. The number of ether oxygens (including phenoxy) is 1. The number of carbonyl (C=O) groups is 1. The van der Waals surface area contributed by atoms with E-state index in [2.05, 4.69) is 4.72 Å². The minimum absolute atomic E-state index is 0.239. The number of hydrogen-bond donors (Lipinski definition) is 2. The fraction of sp³-hybridized carbons (Fsp3) is 0.875. The molecule has 0 fully saturated rings. The van der Waals surface area contributed by atoms with E-state index in [9.17, 15) is 13.2 Å². The zero-order chi connectivity index (χ0) is 11.9. The van der Waals surface area contributed by atoms with Crippen LogP contribution in [-0.4, -0.2) is 45.0 Å². The van der Waals surface area contributed by atoms with Crippen LogP contribution in [0.2, 0.25) is 0 Å². The summed E-state index contributed by atoms with van der Waals surface area (Å²) in [5.74, 6) is -1.35. The molecule has 0 aliphatic carbocycles. The van der Waals surface area contributed by atoms with Crippen molar-refractivity contribution in [2.24, 2.45) is 0 Å². The molecule has 0 aliphatic heterocycles. The van der Waals surface area contributed by atoms with Crippen molar-refractivity contribution in [3.63, 3.8) is 0 Å². The van der Waals surface area contributed by atoms with Crippen LogP contribution in [0.15, 0.2) is 0 Å². The van der Waals surface area contributed by atoms with E-state index in [1.54, 1.807) is 7.11 Å². The lowest BCUT2D eigenvalue weighted by molar-refractivity contribution is -0.136. The van der Waals surface area contributed by atoms with Gasteiger partial charge >= 0.3 is 5.97 Å². The quantitative estimate of drug-likeness (QED) is 0.572. The third-order valence-corrected chi connectivity index (χ3v) is 3.63. The van der Waals surface area contributed by atoms with Crippen LogP contribution in [-0.2, 0) is 19.6 Å². The van der Waals surface area contributed by atoms with Gasteiger partial charge in [0.1, 0.15) is 0 Å². The monoisotopic (exact) mass is 239 g/mol. The highest BCUT2D eigenvalue weighted by Crippen LogP contribution is 1.98. The lowest BCUT2D eigenvalue weighted by Crippen LogP contribution is -2.37. The Morgan fingerprint density at radius 2 is 2.07 bits per heavy atom. The second-order valence-electron chi connectivity index (χ2n) is 3.12. The number of nitrogens with one attached hydrogen (secondary N) is 1. The van der Waals surface area contributed by atoms with Gasteiger partial charge in [0, 0.05) is 20.3 Å². The van der Waals surface area contributed by atoms with Crippen LogP contribution in [0.25, 0.3) is 0 Å². The van der Waals surface area contributed by atoms with E-state index >= 15 is 0 Å². The molecule has 1 unspecified atom stereocenters. The first-order valence-corrected chi connectivity index (χ1v) is 6.16. The smallest absolute Gasteiger partial charge is 0.323 e. The molecule has 0 aromatic heterocycles. The summed E-state index contributed by atoms with van der Waals surface area (Å²) in [4.78, 5) is 10.4. The number of unbranched alkanes of at least 4 members (excludes halogenated alkanes) is 1. The maximum absolute atomic E-state index is 11.3. The summed E-state index contributed by atoms with van der Waals surface area (Å²) in [5.41, 5.74) is 0. The lowest BCUT2D eigenvalue weighted by atomic mass is 10.3. The van der Waals surface area contributed by atoms with Crippen LogP contribution in [0.4, 0.5) is 0 Å². The summed E-state index contributed by atoms with van der Waals surface area (Å²) in [6, 6.07) is 0. The molecule has 0 aliphatic rings. The second kappa shape index (κ2) is 6.76. The topological polar surface area (TPSA) is 92.7 Å². The predicted molar refractivity (Wildman–Crippen MR) is 55.1 cm³/mol. The van der Waals surface area contributed by atoms with Gasteiger partial charge < -0.3 is 9.84 Å². The summed E-state index contributed by atoms with van der Waals surface area (Å²) in [7, 11) is -2.17. The minimum Gasteiger partial charge on any atom is -0.480 e. The van der Waals surface area contributed by atoms with Gasteiger partial charge in [-0.2, -0.15) is 0 Å². The molecule has 0 amide bonds. The average molecular weight is 239 g/mol. The molecule has 90 valence electrons. The molecule has 7 heteroatoms. The van der Waals surface area contributed by atoms with Gasteiger partial charge in [-0.1, -0.05) is 0 Å². The maximum Gasteiger partial charge on any atom is 0.323 e. The van der Waals surface area contributed by atoms with Crippen molar-refractivity contribution in [1.29, 1.82) is 0 Å². The molecule has 0 rings (SSSR count). The molecular formula is C8H17NO5S. The van der Waals surface area contributed by atoms with Gasteiger partial charge in [-0.05, 0) is 19.8 Å². The number of sulfonamides is 1. The van der Waals surface area contributed by atoms with E-state index in [0.717, 1.165) is 13.3 Å². The average Bonchev–Trinajstić information content (AvgIpc) is 2.16. The van der Waals surface area contributed by atoms with Gasteiger partial charge in [0.15, 0.2) is 5.25 Å². The largest absolute Gasteiger partial charge is 0.480 e. The van der Waals surface area contributed by atoms with E-state index in [1.807, 2.05) is 0 Å². The molecule has 6 nitrogen and oxygen atoms in total. The van der Waals surface area contributed by atoms with Crippen molar-refractivity contribution in [2.75, 3.05) is 20.3 Å². The SMILES string of the molecule is COCCCCNS(=O)(=O)C(C)C(=O)O. The highest BCUT2D eigenvalue weighted by Gasteiger charge is 2.26. The number of aliphatic carboxylic acids is 1. The number of carboxylic acid groups (broad SMARTS) is 1. The number of carboxylic acids is 1. The third kappa shape index (κ3) is 5.71. The normalized spacial score (nSPS) is 13.7. The molecule has 0 heterocycles. The van der Waals surface area contributed by atoms with Gasteiger partial charge in [-0.3, -0.25) is 4.79 Å². The minimum atomic E-state index is -3.74. The van der Waals surface area contributed by atoms with E-state index in [1.165, 1.54) is 0 Å². The summed E-state index contributed by atoms with van der Waals surface area (Å²) >= 11 is 0. The molecule has 0 radical (unpaired) electrons. The molecule has 15 heavy (non-hydrogen) atoms. The maximum atomic E-state index is 11.3. The van der Waals surface area contributed by atoms with Gasteiger partial charge in [-0.25, -0.2) is 13.1 Å². The van der Waals surface area contributed by atoms with Crippen molar-refractivity contribution in [2.45, 2.75) is 25.0 Å². The van der Waals surface area contributed by atoms with Gasteiger partial charge in [-0.15, -0.1) is 0 Å². The molecule has 0 saturated heterocycles. The molecule has 0 spiro atoms. The van der Waals surface area contributed by atoms with E-state index in [0.29, 0.717) is 13.0 Å². The van der Waals surface area contributed by atoms with Crippen LogP contribution >= 0.6 is 0 Å². The molecule has 0 aromatic rings. The Balaban J connectivity index is 3.90. The van der Waals surface area contributed by atoms with Crippen LogP contribution in [0.5, 0.6) is 0 Å².